The summed E-state index contributed by atoms with van der Waals surface area (Å²) < 4.78 is 0. The molecule has 3 rings (SSSR count). The van der Waals surface area contributed by atoms with Crippen LogP contribution in [0.2, 0.25) is 0 Å². The van der Waals surface area contributed by atoms with Gasteiger partial charge in [-0.05, 0) is 18.4 Å². The van der Waals surface area contributed by atoms with Crippen LogP contribution >= 0.6 is 0 Å². The van der Waals surface area contributed by atoms with E-state index in [1.807, 2.05) is 54.4 Å². The van der Waals surface area contributed by atoms with Gasteiger partial charge in [0.25, 0.3) is 0 Å². The molecule has 0 unspecified atom stereocenters. The highest BCUT2D eigenvalue weighted by Gasteiger charge is 2.54. The van der Waals surface area contributed by atoms with Gasteiger partial charge < -0.3 is 5.11 Å². The smallest absolute Gasteiger partial charge is 0.248 e. The zero-order valence-electron chi connectivity index (χ0n) is 13.7. The fourth-order valence-corrected chi connectivity index (χ4v) is 3.85. The number of hydrogen-bond acceptors (Lipinski definition) is 5. The Labute approximate surface area is 136 Å². The van der Waals surface area contributed by atoms with E-state index in [0.717, 1.165) is 5.56 Å². The van der Waals surface area contributed by atoms with E-state index in [1.165, 1.54) is 4.90 Å². The van der Waals surface area contributed by atoms with E-state index in [2.05, 4.69) is 0 Å². The van der Waals surface area contributed by atoms with Gasteiger partial charge in [0.1, 0.15) is 6.04 Å². The van der Waals surface area contributed by atoms with Crippen LogP contribution in [0.1, 0.15) is 24.5 Å². The van der Waals surface area contributed by atoms with Crippen molar-refractivity contribution < 1.29 is 14.7 Å². The summed E-state index contributed by atoms with van der Waals surface area (Å²) in [5, 5.41) is 14.5. The molecule has 0 spiro atoms. The van der Waals surface area contributed by atoms with Crippen LogP contribution in [0.15, 0.2) is 30.3 Å². The van der Waals surface area contributed by atoms with Crippen LogP contribution in [-0.2, 0) is 9.59 Å². The van der Waals surface area contributed by atoms with E-state index in [1.54, 1.807) is 7.05 Å². The molecule has 1 aromatic rings. The van der Waals surface area contributed by atoms with Gasteiger partial charge in [0, 0.05) is 21.1 Å². The average Bonchev–Trinajstić information content (AvgIpc) is 2.78. The first-order valence-corrected chi connectivity index (χ1v) is 7.93. The van der Waals surface area contributed by atoms with Crippen molar-refractivity contribution in [3.8, 4) is 0 Å². The lowest BCUT2D eigenvalue weighted by atomic mass is 9.84. The van der Waals surface area contributed by atoms with E-state index in [9.17, 15) is 14.7 Å². The Hall–Kier alpha value is -1.76. The molecular formula is C17H23N3O3. The molecule has 2 aliphatic heterocycles. The van der Waals surface area contributed by atoms with Gasteiger partial charge in [-0.2, -0.15) is 0 Å². The van der Waals surface area contributed by atoms with Crippen LogP contribution in [0.25, 0.3) is 0 Å². The predicted molar refractivity (Wildman–Crippen MR) is 85.0 cm³/mol. The topological polar surface area (TPSA) is 64.1 Å². The molecule has 2 heterocycles. The number of carbonyl (C=O) groups excluding carboxylic acids is 2. The Morgan fingerprint density at radius 2 is 1.78 bits per heavy atom. The van der Waals surface area contributed by atoms with Crippen molar-refractivity contribution in [3.63, 3.8) is 0 Å². The maximum atomic E-state index is 12.5. The molecule has 1 aromatic carbocycles. The summed E-state index contributed by atoms with van der Waals surface area (Å²) in [5.74, 6) is -0.604. The number of piperidine rings is 1. The van der Waals surface area contributed by atoms with E-state index >= 15 is 0 Å². The highest BCUT2D eigenvalue weighted by molar-refractivity contribution is 6.06. The number of hydrogen-bond donors (Lipinski definition) is 1. The van der Waals surface area contributed by atoms with Crippen molar-refractivity contribution in [2.75, 3.05) is 21.1 Å². The number of amides is 2. The minimum atomic E-state index is -0.701. The number of aliphatic hydroxyl groups excluding tert-OH is 1. The first kappa shape index (κ1) is 16.1. The molecule has 0 saturated carbocycles. The number of nitrogens with zero attached hydrogens (tertiary/aromatic N) is 3. The van der Waals surface area contributed by atoms with Crippen molar-refractivity contribution >= 4 is 11.8 Å². The SMILES string of the molecule is CN1C(=O)[C@@H]2[C@@H](CC[C@H]([C@H](O)c3ccccc3)N2N(C)C)C1=O. The number of benzene rings is 1. The molecule has 1 N–H and O–H groups in total. The molecule has 2 fully saturated rings. The molecule has 2 amide bonds. The van der Waals surface area contributed by atoms with Crippen LogP contribution in [0, 0.1) is 5.92 Å². The minimum Gasteiger partial charge on any atom is -0.387 e. The Morgan fingerprint density at radius 3 is 2.39 bits per heavy atom. The van der Waals surface area contributed by atoms with Gasteiger partial charge in [0.15, 0.2) is 0 Å². The van der Waals surface area contributed by atoms with Crippen LogP contribution in [0.4, 0.5) is 0 Å². The lowest BCUT2D eigenvalue weighted by molar-refractivity contribution is -0.156. The third kappa shape index (κ3) is 2.56. The molecule has 0 bridgehead atoms. The molecule has 0 aliphatic carbocycles. The minimum absolute atomic E-state index is 0.112. The quantitative estimate of drug-likeness (QED) is 0.829. The highest BCUT2D eigenvalue weighted by Crippen LogP contribution is 2.39. The Morgan fingerprint density at radius 1 is 1.13 bits per heavy atom. The maximum absolute atomic E-state index is 12.5. The van der Waals surface area contributed by atoms with Crippen LogP contribution in [0.3, 0.4) is 0 Å². The van der Waals surface area contributed by atoms with Gasteiger partial charge in [-0.1, -0.05) is 30.3 Å². The van der Waals surface area contributed by atoms with E-state index in [-0.39, 0.29) is 23.8 Å². The molecule has 2 saturated heterocycles. The third-order valence-electron chi connectivity index (χ3n) is 4.98. The summed E-state index contributed by atoms with van der Waals surface area (Å²) in [4.78, 5) is 26.0. The van der Waals surface area contributed by atoms with E-state index in [0.29, 0.717) is 12.8 Å². The van der Waals surface area contributed by atoms with Crippen LogP contribution in [0.5, 0.6) is 0 Å². The monoisotopic (exact) mass is 317 g/mol. The maximum Gasteiger partial charge on any atom is 0.248 e. The van der Waals surface area contributed by atoms with Gasteiger partial charge in [-0.15, -0.1) is 0 Å². The molecule has 124 valence electrons. The first-order chi connectivity index (χ1) is 10.9. The number of carbonyl (C=O) groups is 2. The number of fused-ring (bicyclic) bond motifs is 1. The Balaban J connectivity index is 1.93. The zero-order chi connectivity index (χ0) is 16.7. The summed E-state index contributed by atoms with van der Waals surface area (Å²) in [6.45, 7) is 0. The summed E-state index contributed by atoms with van der Waals surface area (Å²) in [7, 11) is 5.24. The average molecular weight is 317 g/mol. The molecule has 2 aliphatic rings. The van der Waals surface area contributed by atoms with Crippen molar-refractivity contribution in [1.82, 2.24) is 14.9 Å². The third-order valence-corrected chi connectivity index (χ3v) is 4.98. The molecule has 6 heteroatoms. The Kier molecular flexibility index (Phi) is 4.23. The predicted octanol–water partition coefficient (Wildman–Crippen LogP) is 0.644. The molecule has 4 atom stereocenters. The number of hydrazine groups is 1. The summed E-state index contributed by atoms with van der Waals surface area (Å²) in [6, 6.07) is 8.73. The van der Waals surface area contributed by atoms with Crippen molar-refractivity contribution in [3.05, 3.63) is 35.9 Å². The fourth-order valence-electron chi connectivity index (χ4n) is 3.85. The van der Waals surface area contributed by atoms with E-state index in [4.69, 9.17) is 0 Å². The largest absolute Gasteiger partial charge is 0.387 e. The molecule has 0 radical (unpaired) electrons. The highest BCUT2D eigenvalue weighted by atomic mass is 16.3. The summed E-state index contributed by atoms with van der Waals surface area (Å²) >= 11 is 0. The second kappa shape index (κ2) is 6.03. The second-order valence-electron chi connectivity index (χ2n) is 6.51. The second-order valence-corrected chi connectivity index (χ2v) is 6.51. The standard InChI is InChI=1S/C17H23N3O3/c1-18(2)20-13(15(21)11-7-5-4-6-8-11)10-9-12-14(20)17(23)19(3)16(12)22/h4-8,12-15,21H,9-10H2,1-3H3/t12-,13-,14+,15-/m1/s1. The van der Waals surface area contributed by atoms with Gasteiger partial charge >= 0.3 is 0 Å². The normalized spacial score (nSPS) is 30.0. The number of likely N-dealkylation sites (tertiary alicyclic amines) is 1. The molecule has 23 heavy (non-hydrogen) atoms. The lowest BCUT2D eigenvalue weighted by Gasteiger charge is -2.46. The summed E-state index contributed by atoms with van der Waals surface area (Å²) in [5.41, 5.74) is 0.827. The van der Waals surface area contributed by atoms with Gasteiger partial charge in [-0.3, -0.25) is 14.5 Å². The number of imide groups is 1. The van der Waals surface area contributed by atoms with E-state index < -0.39 is 12.1 Å². The zero-order valence-corrected chi connectivity index (χ0v) is 13.7. The lowest BCUT2D eigenvalue weighted by Crippen LogP contribution is -2.60. The summed E-state index contributed by atoms with van der Waals surface area (Å²) in [6.07, 6.45) is 0.592. The van der Waals surface area contributed by atoms with Crippen molar-refractivity contribution in [2.24, 2.45) is 5.92 Å². The molecular weight excluding hydrogens is 294 g/mol. The number of rotatable bonds is 3. The van der Waals surface area contributed by atoms with Crippen LogP contribution < -0.4 is 0 Å². The molecule has 0 aromatic heterocycles. The van der Waals surface area contributed by atoms with Gasteiger partial charge in [0.05, 0.1) is 18.1 Å². The van der Waals surface area contributed by atoms with Crippen LogP contribution in [-0.4, -0.2) is 65.1 Å². The number of aliphatic hydroxyl groups is 1. The fraction of sp³-hybridized carbons (Fsp3) is 0.529. The van der Waals surface area contributed by atoms with Gasteiger partial charge in [-0.25, -0.2) is 10.0 Å². The van der Waals surface area contributed by atoms with Crippen molar-refractivity contribution in [1.29, 1.82) is 0 Å². The van der Waals surface area contributed by atoms with Crippen molar-refractivity contribution in [2.45, 2.75) is 31.0 Å². The first-order valence-electron chi connectivity index (χ1n) is 7.93. The van der Waals surface area contributed by atoms with Gasteiger partial charge in [0.2, 0.25) is 11.8 Å². The molecule has 6 nitrogen and oxygen atoms in total. The number of likely N-dealkylation sites (N-methyl/N-ethyl adjacent to an activating group) is 1. The Bertz CT molecular complexity index is 604.